The zero-order valence-corrected chi connectivity index (χ0v) is 14.7. The summed E-state index contributed by atoms with van der Waals surface area (Å²) in [5.41, 5.74) is 0.703. The van der Waals surface area contributed by atoms with Crippen LogP contribution in [0.3, 0.4) is 0 Å². The van der Waals surface area contributed by atoms with Crippen LogP contribution in [0.2, 0.25) is 0 Å². The van der Waals surface area contributed by atoms with E-state index in [1.165, 1.54) is 0 Å². The number of rotatable bonds is 3. The lowest BCUT2D eigenvalue weighted by atomic mass is 9.85. The highest BCUT2D eigenvalue weighted by Crippen LogP contribution is 2.39. The van der Waals surface area contributed by atoms with Crippen molar-refractivity contribution in [1.29, 1.82) is 0 Å². The molecule has 24 heavy (non-hydrogen) atoms. The molecule has 1 unspecified atom stereocenters. The quantitative estimate of drug-likeness (QED) is 0.833. The van der Waals surface area contributed by atoms with Crippen LogP contribution in [-0.4, -0.2) is 45.8 Å². The van der Waals surface area contributed by atoms with Crippen LogP contribution in [0.5, 0.6) is 11.5 Å². The molecule has 0 aromatic heterocycles. The Labute approximate surface area is 142 Å². The summed E-state index contributed by atoms with van der Waals surface area (Å²) in [6.07, 6.45) is 3.02. The highest BCUT2D eigenvalue weighted by Gasteiger charge is 2.37. The van der Waals surface area contributed by atoms with E-state index in [1.807, 2.05) is 0 Å². The maximum absolute atomic E-state index is 13.1. The molecule has 0 bridgehead atoms. The van der Waals surface area contributed by atoms with E-state index in [1.54, 1.807) is 23.4 Å². The molecular weight excluding hydrogens is 330 g/mol. The van der Waals surface area contributed by atoms with Crippen LogP contribution in [0.15, 0.2) is 17.0 Å². The van der Waals surface area contributed by atoms with Crippen LogP contribution in [-0.2, 0) is 14.8 Å². The van der Waals surface area contributed by atoms with Crippen molar-refractivity contribution >= 4 is 10.0 Å². The van der Waals surface area contributed by atoms with Crippen LogP contribution < -0.4 is 9.47 Å². The first-order valence-corrected chi connectivity index (χ1v) is 9.98. The minimum Gasteiger partial charge on any atom is -0.454 e. The lowest BCUT2D eigenvalue weighted by Gasteiger charge is -2.27. The van der Waals surface area contributed by atoms with E-state index < -0.39 is 10.0 Å². The van der Waals surface area contributed by atoms with Gasteiger partial charge >= 0.3 is 0 Å². The summed E-state index contributed by atoms with van der Waals surface area (Å²) in [6, 6.07) is 3.36. The van der Waals surface area contributed by atoms with Gasteiger partial charge in [-0.2, -0.15) is 4.31 Å². The second-order valence-electron chi connectivity index (χ2n) is 6.83. The van der Waals surface area contributed by atoms with Gasteiger partial charge < -0.3 is 14.2 Å². The summed E-state index contributed by atoms with van der Waals surface area (Å²) in [6.45, 7) is 4.76. The van der Waals surface area contributed by atoms with Gasteiger partial charge in [0.1, 0.15) is 0 Å². The van der Waals surface area contributed by atoms with Gasteiger partial charge in [-0.15, -0.1) is 0 Å². The average Bonchev–Trinajstić information content (AvgIpc) is 3.24. The molecule has 1 atom stereocenters. The standard InChI is InChI=1S/C17H23NO5S/c1-12-8-15-16(23-11-22-15)9-17(12)24(19,20)18-5-2-14(10-18)13-3-6-21-7-4-13/h8-9,13-14H,2-7,10-11H2,1H3. The molecule has 4 rings (SSSR count). The lowest BCUT2D eigenvalue weighted by Crippen LogP contribution is -2.31. The van der Waals surface area contributed by atoms with E-state index in [4.69, 9.17) is 14.2 Å². The molecule has 0 amide bonds. The summed E-state index contributed by atoms with van der Waals surface area (Å²) in [5.74, 6) is 2.15. The molecule has 2 saturated heterocycles. The minimum atomic E-state index is -3.50. The minimum absolute atomic E-state index is 0.147. The monoisotopic (exact) mass is 353 g/mol. The van der Waals surface area contributed by atoms with Crippen molar-refractivity contribution in [2.45, 2.75) is 31.1 Å². The zero-order valence-electron chi connectivity index (χ0n) is 13.9. The number of ether oxygens (including phenoxy) is 3. The molecule has 132 valence electrons. The molecule has 0 aliphatic carbocycles. The third kappa shape index (κ3) is 2.78. The van der Waals surface area contributed by atoms with Crippen molar-refractivity contribution in [3.05, 3.63) is 17.7 Å². The molecule has 2 fully saturated rings. The van der Waals surface area contributed by atoms with E-state index >= 15 is 0 Å². The first-order chi connectivity index (χ1) is 11.6. The largest absolute Gasteiger partial charge is 0.454 e. The van der Waals surface area contributed by atoms with Crippen LogP contribution >= 0.6 is 0 Å². The van der Waals surface area contributed by atoms with Crippen molar-refractivity contribution in [3.63, 3.8) is 0 Å². The molecule has 0 radical (unpaired) electrons. The Hall–Kier alpha value is -1.31. The summed E-state index contributed by atoms with van der Waals surface area (Å²) in [7, 11) is -3.50. The fourth-order valence-corrected chi connectivity index (χ4v) is 5.72. The molecule has 6 nitrogen and oxygen atoms in total. The van der Waals surface area contributed by atoms with Crippen LogP contribution in [0.4, 0.5) is 0 Å². The highest BCUT2D eigenvalue weighted by molar-refractivity contribution is 7.89. The fourth-order valence-electron chi connectivity index (χ4n) is 3.99. The third-order valence-electron chi connectivity index (χ3n) is 5.41. The second-order valence-corrected chi connectivity index (χ2v) is 8.74. The number of benzene rings is 1. The van der Waals surface area contributed by atoms with Gasteiger partial charge in [-0.05, 0) is 49.7 Å². The normalized spacial score (nSPS) is 25.3. The Morgan fingerprint density at radius 1 is 1.04 bits per heavy atom. The van der Waals surface area contributed by atoms with Gasteiger partial charge in [0.05, 0.1) is 4.90 Å². The number of fused-ring (bicyclic) bond motifs is 1. The molecular formula is C17H23NO5S. The number of sulfonamides is 1. The first-order valence-electron chi connectivity index (χ1n) is 8.54. The lowest BCUT2D eigenvalue weighted by molar-refractivity contribution is 0.0489. The van der Waals surface area contributed by atoms with Crippen molar-refractivity contribution in [2.24, 2.45) is 11.8 Å². The first kappa shape index (κ1) is 16.2. The number of aryl methyl sites for hydroxylation is 1. The SMILES string of the molecule is Cc1cc2c(cc1S(=O)(=O)N1CCC(C3CCOCC3)C1)OCO2. The smallest absolute Gasteiger partial charge is 0.243 e. The van der Waals surface area contributed by atoms with Crippen LogP contribution in [0.1, 0.15) is 24.8 Å². The van der Waals surface area contributed by atoms with Gasteiger partial charge in [-0.25, -0.2) is 8.42 Å². The second kappa shape index (κ2) is 6.20. The predicted octanol–water partition coefficient (Wildman–Crippen LogP) is 2.16. The Balaban J connectivity index is 1.55. The van der Waals surface area contributed by atoms with Gasteiger partial charge in [0.25, 0.3) is 0 Å². The van der Waals surface area contributed by atoms with E-state index in [2.05, 4.69) is 0 Å². The number of hydrogen-bond acceptors (Lipinski definition) is 5. The van der Waals surface area contributed by atoms with Crippen molar-refractivity contribution in [1.82, 2.24) is 4.31 Å². The van der Waals surface area contributed by atoms with E-state index in [-0.39, 0.29) is 6.79 Å². The summed E-state index contributed by atoms with van der Waals surface area (Å²) in [4.78, 5) is 0.333. The molecule has 0 N–H and O–H groups in total. The summed E-state index contributed by atoms with van der Waals surface area (Å²) >= 11 is 0. The van der Waals surface area contributed by atoms with E-state index in [0.717, 1.165) is 32.5 Å². The Bertz CT molecular complexity index is 727. The fraction of sp³-hybridized carbons (Fsp3) is 0.647. The molecule has 7 heteroatoms. The van der Waals surface area contributed by atoms with Gasteiger partial charge in [-0.1, -0.05) is 0 Å². The van der Waals surface area contributed by atoms with E-state index in [0.29, 0.717) is 46.9 Å². The summed E-state index contributed by atoms with van der Waals surface area (Å²) < 4.78 is 43.9. The topological polar surface area (TPSA) is 65.1 Å². The molecule has 3 heterocycles. The Morgan fingerprint density at radius 3 is 2.50 bits per heavy atom. The van der Waals surface area contributed by atoms with E-state index in [9.17, 15) is 8.42 Å². The highest BCUT2D eigenvalue weighted by atomic mass is 32.2. The van der Waals surface area contributed by atoms with Gasteiger partial charge in [-0.3, -0.25) is 0 Å². The number of hydrogen-bond donors (Lipinski definition) is 0. The molecule has 0 saturated carbocycles. The van der Waals surface area contributed by atoms with Gasteiger partial charge in [0, 0.05) is 32.4 Å². The predicted molar refractivity (Wildman–Crippen MR) is 87.7 cm³/mol. The Kier molecular flexibility index (Phi) is 4.18. The molecule has 3 aliphatic rings. The maximum Gasteiger partial charge on any atom is 0.243 e. The summed E-state index contributed by atoms with van der Waals surface area (Å²) in [5, 5.41) is 0. The zero-order chi connectivity index (χ0) is 16.7. The third-order valence-corrected chi connectivity index (χ3v) is 7.42. The van der Waals surface area contributed by atoms with Crippen molar-refractivity contribution in [2.75, 3.05) is 33.1 Å². The van der Waals surface area contributed by atoms with Gasteiger partial charge in [0.15, 0.2) is 11.5 Å². The molecule has 3 aliphatic heterocycles. The molecule has 1 aromatic rings. The van der Waals surface area contributed by atoms with Crippen LogP contribution in [0, 0.1) is 18.8 Å². The van der Waals surface area contributed by atoms with Crippen molar-refractivity contribution < 1.29 is 22.6 Å². The molecule has 1 aromatic carbocycles. The molecule has 0 spiro atoms. The van der Waals surface area contributed by atoms with Crippen molar-refractivity contribution in [3.8, 4) is 11.5 Å². The van der Waals surface area contributed by atoms with Crippen LogP contribution in [0.25, 0.3) is 0 Å². The average molecular weight is 353 g/mol. The van der Waals surface area contributed by atoms with Gasteiger partial charge in [0.2, 0.25) is 16.8 Å². The Morgan fingerprint density at radius 2 is 1.75 bits per heavy atom. The maximum atomic E-state index is 13.1. The number of nitrogens with zero attached hydrogens (tertiary/aromatic N) is 1.